The highest BCUT2D eigenvalue weighted by molar-refractivity contribution is 5.81. The lowest BCUT2D eigenvalue weighted by molar-refractivity contribution is -0.287. The maximum Gasteiger partial charge on any atom is 0.368 e. The van der Waals surface area contributed by atoms with Crippen LogP contribution < -0.4 is 4.74 Å². The Kier molecular flexibility index (Phi) is 4.40. The van der Waals surface area contributed by atoms with Crippen molar-refractivity contribution in [3.05, 3.63) is 67.3 Å². The van der Waals surface area contributed by atoms with Gasteiger partial charge in [0.05, 0.1) is 0 Å². The molecule has 1 N–H and O–H groups in total. The quantitative estimate of drug-likeness (QED) is 0.520. The largest absolute Gasteiger partial charge is 0.430 e. The molecule has 0 aromatic heterocycles. The SMILES string of the molecule is C=CC(=O)OC(C)(O)Oc1ccc(-c2ccccc2)cc1. The molecule has 2 rings (SSSR count). The highest BCUT2D eigenvalue weighted by Crippen LogP contribution is 2.24. The van der Waals surface area contributed by atoms with E-state index in [9.17, 15) is 9.90 Å². The Labute approximate surface area is 123 Å². The molecule has 0 spiro atoms. The van der Waals surface area contributed by atoms with Crippen LogP contribution in [0.15, 0.2) is 67.3 Å². The van der Waals surface area contributed by atoms with Crippen LogP contribution in [0, 0.1) is 0 Å². The zero-order valence-electron chi connectivity index (χ0n) is 11.7. The number of ether oxygens (including phenoxy) is 2. The average molecular weight is 284 g/mol. The normalized spacial score (nSPS) is 13.0. The summed E-state index contributed by atoms with van der Waals surface area (Å²) in [7, 11) is 0. The lowest BCUT2D eigenvalue weighted by atomic mass is 10.1. The second kappa shape index (κ2) is 6.24. The van der Waals surface area contributed by atoms with E-state index in [4.69, 9.17) is 4.74 Å². The first-order chi connectivity index (χ1) is 10.00. The van der Waals surface area contributed by atoms with Gasteiger partial charge < -0.3 is 14.6 Å². The molecule has 0 radical (unpaired) electrons. The van der Waals surface area contributed by atoms with Crippen molar-refractivity contribution in [2.45, 2.75) is 12.9 Å². The minimum Gasteiger partial charge on any atom is -0.430 e. The lowest BCUT2D eigenvalue weighted by Gasteiger charge is -2.23. The second-order valence-corrected chi connectivity index (χ2v) is 4.52. The molecule has 0 heterocycles. The molecule has 0 aliphatic rings. The van der Waals surface area contributed by atoms with E-state index >= 15 is 0 Å². The molecule has 1 atom stereocenters. The third-order valence-corrected chi connectivity index (χ3v) is 2.73. The first-order valence-corrected chi connectivity index (χ1v) is 6.42. The number of benzene rings is 2. The molecule has 4 heteroatoms. The van der Waals surface area contributed by atoms with Crippen molar-refractivity contribution in [2.75, 3.05) is 0 Å². The van der Waals surface area contributed by atoms with Gasteiger partial charge in [-0.25, -0.2) is 4.79 Å². The highest BCUT2D eigenvalue weighted by Gasteiger charge is 2.26. The van der Waals surface area contributed by atoms with Crippen LogP contribution in [-0.2, 0) is 9.53 Å². The van der Waals surface area contributed by atoms with Crippen molar-refractivity contribution in [1.29, 1.82) is 0 Å². The number of carbonyl (C=O) groups excluding carboxylic acids is 1. The lowest BCUT2D eigenvalue weighted by Crippen LogP contribution is -2.37. The summed E-state index contributed by atoms with van der Waals surface area (Å²) >= 11 is 0. The van der Waals surface area contributed by atoms with Crippen molar-refractivity contribution in [1.82, 2.24) is 0 Å². The Morgan fingerprint density at radius 1 is 1.10 bits per heavy atom. The summed E-state index contributed by atoms with van der Waals surface area (Å²) in [5, 5.41) is 9.84. The fraction of sp³-hybridized carbons (Fsp3) is 0.118. The molecule has 4 nitrogen and oxygen atoms in total. The average Bonchev–Trinajstić information content (AvgIpc) is 2.48. The van der Waals surface area contributed by atoms with Crippen LogP contribution in [0.4, 0.5) is 0 Å². The van der Waals surface area contributed by atoms with Crippen molar-refractivity contribution in [2.24, 2.45) is 0 Å². The molecule has 21 heavy (non-hydrogen) atoms. The molecule has 108 valence electrons. The standard InChI is InChI=1S/C17H16O4/c1-3-16(18)21-17(2,19)20-15-11-9-14(10-12-15)13-7-5-4-6-8-13/h3-12,19H,1H2,2H3. The summed E-state index contributed by atoms with van der Waals surface area (Å²) in [6.45, 7) is 4.49. The van der Waals surface area contributed by atoms with Crippen molar-refractivity contribution in [3.8, 4) is 16.9 Å². The van der Waals surface area contributed by atoms with Crippen LogP contribution in [-0.4, -0.2) is 17.0 Å². The van der Waals surface area contributed by atoms with E-state index in [2.05, 4.69) is 11.3 Å². The fourth-order valence-electron chi connectivity index (χ4n) is 1.81. The van der Waals surface area contributed by atoms with E-state index in [1.54, 1.807) is 12.1 Å². The van der Waals surface area contributed by atoms with Crippen molar-refractivity contribution in [3.63, 3.8) is 0 Å². The maximum absolute atomic E-state index is 11.1. The van der Waals surface area contributed by atoms with Crippen LogP contribution >= 0.6 is 0 Å². The van der Waals surface area contributed by atoms with Gasteiger partial charge in [-0.05, 0) is 23.3 Å². The second-order valence-electron chi connectivity index (χ2n) is 4.52. The third-order valence-electron chi connectivity index (χ3n) is 2.73. The summed E-state index contributed by atoms with van der Waals surface area (Å²) in [6, 6.07) is 17.0. The van der Waals surface area contributed by atoms with Gasteiger partial charge in [0.25, 0.3) is 0 Å². The molecule has 2 aromatic carbocycles. The molecular weight excluding hydrogens is 268 g/mol. The molecule has 0 bridgehead atoms. The number of hydrogen-bond donors (Lipinski definition) is 1. The summed E-state index contributed by atoms with van der Waals surface area (Å²) < 4.78 is 9.91. The number of rotatable bonds is 5. The molecule has 0 aliphatic carbocycles. The number of aliphatic hydroxyl groups is 1. The van der Waals surface area contributed by atoms with Crippen LogP contribution in [0.5, 0.6) is 5.75 Å². The summed E-state index contributed by atoms with van der Waals surface area (Å²) in [5.41, 5.74) is 2.10. The van der Waals surface area contributed by atoms with Gasteiger partial charge in [0.2, 0.25) is 0 Å². The van der Waals surface area contributed by atoms with Crippen LogP contribution in [0.1, 0.15) is 6.92 Å². The van der Waals surface area contributed by atoms with E-state index < -0.39 is 11.9 Å². The van der Waals surface area contributed by atoms with Gasteiger partial charge in [-0.3, -0.25) is 0 Å². The summed E-state index contributed by atoms with van der Waals surface area (Å²) in [5.74, 6) is -2.42. The molecule has 2 aromatic rings. The number of esters is 1. The van der Waals surface area contributed by atoms with Gasteiger partial charge in [0.15, 0.2) is 0 Å². The monoisotopic (exact) mass is 284 g/mol. The van der Waals surface area contributed by atoms with E-state index in [0.29, 0.717) is 5.75 Å². The summed E-state index contributed by atoms with van der Waals surface area (Å²) in [6.07, 6.45) is 0.955. The van der Waals surface area contributed by atoms with E-state index in [-0.39, 0.29) is 0 Å². The van der Waals surface area contributed by atoms with E-state index in [1.807, 2.05) is 42.5 Å². The Morgan fingerprint density at radius 2 is 1.67 bits per heavy atom. The van der Waals surface area contributed by atoms with Crippen molar-refractivity contribution < 1.29 is 19.4 Å². The van der Waals surface area contributed by atoms with Gasteiger partial charge in [0, 0.05) is 13.0 Å². The Hall–Kier alpha value is -2.59. The topological polar surface area (TPSA) is 55.8 Å². The molecule has 0 amide bonds. The van der Waals surface area contributed by atoms with Crippen LogP contribution in [0.25, 0.3) is 11.1 Å². The molecular formula is C17H16O4. The third kappa shape index (κ3) is 4.19. The van der Waals surface area contributed by atoms with Crippen LogP contribution in [0.2, 0.25) is 0 Å². The number of hydrogen-bond acceptors (Lipinski definition) is 4. The highest BCUT2D eigenvalue weighted by atomic mass is 16.8. The number of carbonyl (C=O) groups is 1. The Balaban J connectivity index is 2.09. The summed E-state index contributed by atoms with van der Waals surface area (Å²) in [4.78, 5) is 11.1. The smallest absolute Gasteiger partial charge is 0.368 e. The predicted molar refractivity (Wildman–Crippen MR) is 79.4 cm³/mol. The Bertz CT molecular complexity index is 615. The Morgan fingerprint density at radius 3 is 2.24 bits per heavy atom. The van der Waals surface area contributed by atoms with E-state index in [0.717, 1.165) is 17.2 Å². The van der Waals surface area contributed by atoms with Gasteiger partial charge in [-0.1, -0.05) is 49.0 Å². The molecule has 0 fully saturated rings. The zero-order valence-corrected chi connectivity index (χ0v) is 11.7. The minimum absolute atomic E-state index is 0.386. The molecule has 0 aliphatic heterocycles. The van der Waals surface area contributed by atoms with Gasteiger partial charge in [-0.2, -0.15) is 0 Å². The van der Waals surface area contributed by atoms with Crippen molar-refractivity contribution >= 4 is 5.97 Å². The fourth-order valence-corrected chi connectivity index (χ4v) is 1.81. The molecule has 0 saturated heterocycles. The van der Waals surface area contributed by atoms with E-state index in [1.165, 1.54) is 6.92 Å². The first kappa shape index (κ1) is 14.8. The maximum atomic E-state index is 11.1. The molecule has 0 saturated carbocycles. The van der Waals surface area contributed by atoms with Crippen LogP contribution in [0.3, 0.4) is 0 Å². The van der Waals surface area contributed by atoms with Gasteiger partial charge >= 0.3 is 11.9 Å². The predicted octanol–water partition coefficient (Wildman–Crippen LogP) is 3.13. The zero-order chi connectivity index (χ0) is 15.3. The first-order valence-electron chi connectivity index (χ1n) is 6.42. The van der Waals surface area contributed by atoms with Gasteiger partial charge in [0.1, 0.15) is 5.75 Å². The minimum atomic E-state index is -2.04. The van der Waals surface area contributed by atoms with Gasteiger partial charge in [-0.15, -0.1) is 0 Å². The molecule has 1 unspecified atom stereocenters.